The van der Waals surface area contributed by atoms with Crippen LogP contribution in [0.25, 0.3) is 0 Å². The van der Waals surface area contributed by atoms with Gasteiger partial charge in [-0.05, 0) is 52.5 Å². The molecule has 120 valence electrons. The van der Waals surface area contributed by atoms with Crippen molar-refractivity contribution in [1.29, 1.82) is 0 Å². The number of halogens is 1. The highest BCUT2D eigenvalue weighted by Crippen LogP contribution is 2.25. The second kappa shape index (κ2) is 7.64. The second-order valence-electron chi connectivity index (χ2n) is 5.87. The zero-order valence-electron chi connectivity index (χ0n) is 12.9. The molecule has 0 spiro atoms. The monoisotopic (exact) mass is 373 g/mol. The number of hydrogen-bond acceptors (Lipinski definition) is 2. The van der Waals surface area contributed by atoms with E-state index in [9.17, 15) is 4.79 Å². The fraction of sp³-hybridized carbons (Fsp3) is 0.316. The summed E-state index contributed by atoms with van der Waals surface area (Å²) in [6, 6.07) is 15.9. The molecule has 1 saturated carbocycles. The zero-order valence-corrected chi connectivity index (χ0v) is 14.5. The van der Waals surface area contributed by atoms with Gasteiger partial charge in [-0.1, -0.05) is 43.2 Å². The van der Waals surface area contributed by atoms with Crippen LogP contribution in [-0.4, -0.2) is 11.9 Å². The van der Waals surface area contributed by atoms with Gasteiger partial charge in [0.2, 0.25) is 0 Å². The molecule has 3 nitrogen and oxygen atoms in total. The number of nitrogens with one attached hydrogen (secondary N) is 1. The maximum Gasteiger partial charge on any atom is 0.252 e. The minimum absolute atomic E-state index is 0.0154. The molecule has 0 radical (unpaired) electrons. The molecule has 2 aromatic rings. The van der Waals surface area contributed by atoms with E-state index in [-0.39, 0.29) is 5.91 Å². The Labute approximate surface area is 145 Å². The lowest BCUT2D eigenvalue weighted by Gasteiger charge is -2.13. The molecule has 1 fully saturated rings. The normalized spacial score (nSPS) is 14.7. The lowest BCUT2D eigenvalue weighted by Crippen LogP contribution is -2.32. The van der Waals surface area contributed by atoms with Gasteiger partial charge in [0.1, 0.15) is 12.4 Å². The third-order valence-electron chi connectivity index (χ3n) is 4.12. The molecule has 0 saturated heterocycles. The Kier molecular flexibility index (Phi) is 5.34. The van der Waals surface area contributed by atoms with Crippen LogP contribution in [0.15, 0.2) is 53.0 Å². The Morgan fingerprint density at radius 2 is 1.87 bits per heavy atom. The molecule has 0 unspecified atom stereocenters. The number of carbonyl (C=O) groups is 1. The summed E-state index contributed by atoms with van der Waals surface area (Å²) < 4.78 is 6.54. The highest BCUT2D eigenvalue weighted by atomic mass is 79.9. The van der Waals surface area contributed by atoms with E-state index in [1.165, 1.54) is 12.8 Å². The van der Waals surface area contributed by atoms with E-state index in [1.807, 2.05) is 48.5 Å². The van der Waals surface area contributed by atoms with Crippen molar-refractivity contribution in [3.05, 3.63) is 64.1 Å². The first-order valence-corrected chi connectivity index (χ1v) is 8.79. The summed E-state index contributed by atoms with van der Waals surface area (Å²) in [6.07, 6.45) is 4.58. The molecule has 1 N–H and O–H groups in total. The first kappa shape index (κ1) is 16.1. The molecule has 2 aromatic carbocycles. The Bertz CT molecular complexity index is 666. The van der Waals surface area contributed by atoms with Gasteiger partial charge in [-0.15, -0.1) is 0 Å². The van der Waals surface area contributed by atoms with Crippen LogP contribution in [0.4, 0.5) is 0 Å². The first-order valence-electron chi connectivity index (χ1n) is 7.99. The van der Waals surface area contributed by atoms with Crippen LogP contribution in [0.3, 0.4) is 0 Å². The fourth-order valence-electron chi connectivity index (χ4n) is 2.84. The van der Waals surface area contributed by atoms with Gasteiger partial charge in [0.15, 0.2) is 0 Å². The van der Waals surface area contributed by atoms with Crippen molar-refractivity contribution >= 4 is 21.8 Å². The number of hydrogen-bond donors (Lipinski definition) is 1. The van der Waals surface area contributed by atoms with Gasteiger partial charge in [-0.3, -0.25) is 4.79 Å². The molecule has 1 aliphatic rings. The molecule has 0 heterocycles. The molecule has 23 heavy (non-hydrogen) atoms. The molecule has 0 aromatic heterocycles. The van der Waals surface area contributed by atoms with Crippen molar-refractivity contribution in [3.63, 3.8) is 0 Å². The number of amides is 1. The summed E-state index contributed by atoms with van der Waals surface area (Å²) in [5.74, 6) is 0.733. The van der Waals surface area contributed by atoms with Gasteiger partial charge in [0, 0.05) is 10.5 Å². The maximum atomic E-state index is 12.3. The molecule has 0 aliphatic heterocycles. The van der Waals surface area contributed by atoms with Crippen molar-refractivity contribution in [2.45, 2.75) is 38.3 Å². The predicted molar refractivity (Wildman–Crippen MR) is 94.6 cm³/mol. The summed E-state index contributed by atoms with van der Waals surface area (Å²) in [5, 5.41) is 3.10. The molecular weight excluding hydrogens is 354 g/mol. The summed E-state index contributed by atoms with van der Waals surface area (Å²) >= 11 is 3.48. The number of benzene rings is 2. The standard InChI is InChI=1S/C19H20BrNO2/c20-18-12-16(23-13-14-6-2-1-3-7-14)10-11-17(18)19(22)21-15-8-4-5-9-15/h1-3,6-7,10-12,15H,4-5,8-9,13H2,(H,21,22). The van der Waals surface area contributed by atoms with E-state index in [1.54, 1.807) is 0 Å². The van der Waals surface area contributed by atoms with Gasteiger partial charge in [-0.25, -0.2) is 0 Å². The molecule has 1 aliphatic carbocycles. The Balaban J connectivity index is 1.62. The number of rotatable bonds is 5. The summed E-state index contributed by atoms with van der Waals surface area (Å²) in [7, 11) is 0. The lowest BCUT2D eigenvalue weighted by molar-refractivity contribution is 0.0937. The van der Waals surface area contributed by atoms with E-state index in [0.717, 1.165) is 28.6 Å². The Morgan fingerprint density at radius 3 is 2.57 bits per heavy atom. The summed E-state index contributed by atoms with van der Waals surface area (Å²) in [4.78, 5) is 12.3. The molecule has 4 heteroatoms. The minimum Gasteiger partial charge on any atom is -0.489 e. The van der Waals surface area contributed by atoms with Crippen molar-refractivity contribution in [3.8, 4) is 5.75 Å². The third-order valence-corrected chi connectivity index (χ3v) is 4.78. The fourth-order valence-corrected chi connectivity index (χ4v) is 3.38. The first-order chi connectivity index (χ1) is 11.2. The van der Waals surface area contributed by atoms with Gasteiger partial charge < -0.3 is 10.1 Å². The van der Waals surface area contributed by atoms with E-state index >= 15 is 0 Å². The highest BCUT2D eigenvalue weighted by Gasteiger charge is 2.19. The van der Waals surface area contributed by atoms with Crippen molar-refractivity contribution in [1.82, 2.24) is 5.32 Å². The van der Waals surface area contributed by atoms with E-state index < -0.39 is 0 Å². The third kappa shape index (κ3) is 4.35. The Morgan fingerprint density at radius 1 is 1.13 bits per heavy atom. The average Bonchev–Trinajstić information content (AvgIpc) is 3.07. The van der Waals surface area contributed by atoms with Gasteiger partial charge in [-0.2, -0.15) is 0 Å². The molecular formula is C19H20BrNO2. The second-order valence-corrected chi connectivity index (χ2v) is 6.73. The van der Waals surface area contributed by atoms with Crippen LogP contribution in [0.2, 0.25) is 0 Å². The quantitative estimate of drug-likeness (QED) is 0.824. The summed E-state index contributed by atoms with van der Waals surface area (Å²) in [6.45, 7) is 0.515. The molecule has 0 bridgehead atoms. The SMILES string of the molecule is O=C(NC1CCCC1)c1ccc(OCc2ccccc2)cc1Br. The van der Waals surface area contributed by atoms with Crippen LogP contribution in [0.5, 0.6) is 5.75 Å². The van der Waals surface area contributed by atoms with Crippen molar-refractivity contribution in [2.75, 3.05) is 0 Å². The number of carbonyl (C=O) groups excluding carboxylic acids is 1. The maximum absolute atomic E-state index is 12.3. The largest absolute Gasteiger partial charge is 0.489 e. The van der Waals surface area contributed by atoms with Crippen LogP contribution in [0, 0.1) is 0 Å². The van der Waals surface area contributed by atoms with Gasteiger partial charge in [0.25, 0.3) is 5.91 Å². The van der Waals surface area contributed by atoms with E-state index in [4.69, 9.17) is 4.74 Å². The summed E-state index contributed by atoms with van der Waals surface area (Å²) in [5.41, 5.74) is 1.77. The molecule has 3 rings (SSSR count). The van der Waals surface area contributed by atoms with E-state index in [0.29, 0.717) is 18.2 Å². The zero-order chi connectivity index (χ0) is 16.1. The topological polar surface area (TPSA) is 38.3 Å². The minimum atomic E-state index is -0.0154. The van der Waals surface area contributed by atoms with Crippen LogP contribution < -0.4 is 10.1 Å². The van der Waals surface area contributed by atoms with Crippen LogP contribution in [0.1, 0.15) is 41.6 Å². The van der Waals surface area contributed by atoms with Crippen molar-refractivity contribution in [2.24, 2.45) is 0 Å². The number of ether oxygens (including phenoxy) is 1. The molecule has 1 amide bonds. The van der Waals surface area contributed by atoms with E-state index in [2.05, 4.69) is 21.2 Å². The lowest BCUT2D eigenvalue weighted by atomic mass is 10.1. The predicted octanol–water partition coefficient (Wildman–Crippen LogP) is 4.70. The average molecular weight is 374 g/mol. The highest BCUT2D eigenvalue weighted by molar-refractivity contribution is 9.10. The van der Waals surface area contributed by atoms with Gasteiger partial charge >= 0.3 is 0 Å². The van der Waals surface area contributed by atoms with Gasteiger partial charge in [0.05, 0.1) is 5.56 Å². The molecule has 0 atom stereocenters. The van der Waals surface area contributed by atoms with Crippen LogP contribution >= 0.6 is 15.9 Å². The smallest absolute Gasteiger partial charge is 0.252 e. The van der Waals surface area contributed by atoms with Crippen LogP contribution in [-0.2, 0) is 6.61 Å². The Hall–Kier alpha value is -1.81. The van der Waals surface area contributed by atoms with Crippen molar-refractivity contribution < 1.29 is 9.53 Å².